The number of aldehydes is 1. The van der Waals surface area contributed by atoms with Crippen molar-refractivity contribution in [2.24, 2.45) is 0 Å². The minimum Gasteiger partial charge on any atom is -0.395 e. The lowest BCUT2D eigenvalue weighted by Crippen LogP contribution is -2.30. The van der Waals surface area contributed by atoms with Crippen molar-refractivity contribution >= 4 is 22.7 Å². The Balaban J connectivity index is 2.62. The molecule has 0 aromatic heterocycles. The highest BCUT2D eigenvalue weighted by Crippen LogP contribution is 2.29. The van der Waals surface area contributed by atoms with Gasteiger partial charge in [0.2, 0.25) is 0 Å². The first-order chi connectivity index (χ1) is 9.31. The molecule has 0 saturated heterocycles. The van der Waals surface area contributed by atoms with Crippen LogP contribution in [-0.4, -0.2) is 42.8 Å². The third-order valence-electron chi connectivity index (χ3n) is 3.11. The van der Waals surface area contributed by atoms with E-state index in [1.807, 2.05) is 35.2 Å². The standard InChI is InChI=1S/C15H17NO3/c17-9-7-16(8-10-18)15-13(11-19)6-5-12-3-1-2-4-14(12)15/h1-6,11,17-18H,7-10H2. The van der Waals surface area contributed by atoms with E-state index in [1.165, 1.54) is 0 Å². The third-order valence-corrected chi connectivity index (χ3v) is 3.11. The molecule has 2 rings (SSSR count). The van der Waals surface area contributed by atoms with Gasteiger partial charge in [0.15, 0.2) is 6.29 Å². The zero-order valence-corrected chi connectivity index (χ0v) is 10.6. The summed E-state index contributed by atoms with van der Waals surface area (Å²) in [6, 6.07) is 11.4. The SMILES string of the molecule is O=Cc1ccc2ccccc2c1N(CCO)CCO. The Kier molecular flexibility index (Phi) is 4.49. The summed E-state index contributed by atoms with van der Waals surface area (Å²) in [5.74, 6) is 0. The van der Waals surface area contributed by atoms with Gasteiger partial charge in [-0.3, -0.25) is 4.79 Å². The second-order valence-corrected chi connectivity index (χ2v) is 4.28. The second-order valence-electron chi connectivity index (χ2n) is 4.28. The molecule has 0 saturated carbocycles. The Labute approximate surface area is 111 Å². The van der Waals surface area contributed by atoms with Crippen LogP contribution in [0.4, 0.5) is 5.69 Å². The van der Waals surface area contributed by atoms with E-state index in [4.69, 9.17) is 10.2 Å². The quantitative estimate of drug-likeness (QED) is 0.771. The van der Waals surface area contributed by atoms with E-state index in [2.05, 4.69) is 0 Å². The van der Waals surface area contributed by atoms with Crippen LogP contribution in [0.15, 0.2) is 36.4 Å². The zero-order chi connectivity index (χ0) is 13.7. The second kappa shape index (κ2) is 6.31. The molecule has 0 fully saturated rings. The van der Waals surface area contributed by atoms with E-state index in [0.29, 0.717) is 18.7 Å². The Bertz CT molecular complexity index is 562. The van der Waals surface area contributed by atoms with Crippen LogP contribution in [0, 0.1) is 0 Å². The number of aliphatic hydroxyl groups is 2. The van der Waals surface area contributed by atoms with E-state index in [1.54, 1.807) is 6.07 Å². The van der Waals surface area contributed by atoms with Crippen LogP contribution in [0.25, 0.3) is 10.8 Å². The number of carbonyl (C=O) groups excluding carboxylic acids is 1. The smallest absolute Gasteiger partial charge is 0.152 e. The van der Waals surface area contributed by atoms with Crippen molar-refractivity contribution in [1.82, 2.24) is 0 Å². The van der Waals surface area contributed by atoms with Gasteiger partial charge < -0.3 is 15.1 Å². The average Bonchev–Trinajstić information content (AvgIpc) is 2.46. The fourth-order valence-electron chi connectivity index (χ4n) is 2.30. The number of hydrogen-bond donors (Lipinski definition) is 2. The predicted molar refractivity (Wildman–Crippen MR) is 75.7 cm³/mol. The fraction of sp³-hybridized carbons (Fsp3) is 0.267. The van der Waals surface area contributed by atoms with Crippen LogP contribution in [0.5, 0.6) is 0 Å². The fourth-order valence-corrected chi connectivity index (χ4v) is 2.30. The molecule has 2 aromatic carbocycles. The van der Waals surface area contributed by atoms with E-state index in [0.717, 1.165) is 22.7 Å². The van der Waals surface area contributed by atoms with Crippen molar-refractivity contribution < 1.29 is 15.0 Å². The van der Waals surface area contributed by atoms with Crippen molar-refractivity contribution in [1.29, 1.82) is 0 Å². The van der Waals surface area contributed by atoms with Crippen LogP contribution in [0.2, 0.25) is 0 Å². The van der Waals surface area contributed by atoms with E-state index in [-0.39, 0.29) is 13.2 Å². The molecule has 4 nitrogen and oxygen atoms in total. The maximum atomic E-state index is 11.2. The molecule has 0 amide bonds. The lowest BCUT2D eigenvalue weighted by Gasteiger charge is -2.26. The number of anilines is 1. The highest BCUT2D eigenvalue weighted by atomic mass is 16.3. The predicted octanol–water partition coefficient (Wildman–Crippen LogP) is 1.44. The molecule has 0 aliphatic rings. The number of aliphatic hydroxyl groups excluding tert-OH is 2. The van der Waals surface area contributed by atoms with Crippen molar-refractivity contribution in [3.63, 3.8) is 0 Å². The highest BCUT2D eigenvalue weighted by molar-refractivity contribution is 6.02. The van der Waals surface area contributed by atoms with Gasteiger partial charge in [-0.15, -0.1) is 0 Å². The first-order valence-electron chi connectivity index (χ1n) is 6.25. The molecule has 0 spiro atoms. The van der Waals surface area contributed by atoms with Crippen molar-refractivity contribution in [3.05, 3.63) is 42.0 Å². The average molecular weight is 259 g/mol. The van der Waals surface area contributed by atoms with Crippen LogP contribution in [-0.2, 0) is 0 Å². The lowest BCUT2D eigenvalue weighted by molar-refractivity contribution is 0.112. The Morgan fingerprint density at radius 2 is 1.68 bits per heavy atom. The summed E-state index contributed by atoms with van der Waals surface area (Å²) in [7, 11) is 0. The van der Waals surface area contributed by atoms with Crippen LogP contribution < -0.4 is 4.90 Å². The summed E-state index contributed by atoms with van der Waals surface area (Å²) < 4.78 is 0. The van der Waals surface area contributed by atoms with Crippen LogP contribution >= 0.6 is 0 Å². The van der Waals surface area contributed by atoms with Crippen molar-refractivity contribution in [2.75, 3.05) is 31.2 Å². The van der Waals surface area contributed by atoms with Gasteiger partial charge in [-0.2, -0.15) is 0 Å². The number of carbonyl (C=O) groups is 1. The molecular weight excluding hydrogens is 242 g/mol. The van der Waals surface area contributed by atoms with E-state index < -0.39 is 0 Å². The maximum absolute atomic E-state index is 11.2. The number of benzene rings is 2. The molecule has 19 heavy (non-hydrogen) atoms. The van der Waals surface area contributed by atoms with Crippen molar-refractivity contribution in [3.8, 4) is 0 Å². The number of fused-ring (bicyclic) bond motifs is 1. The first-order valence-corrected chi connectivity index (χ1v) is 6.25. The molecule has 2 N–H and O–H groups in total. The summed E-state index contributed by atoms with van der Waals surface area (Å²) in [5.41, 5.74) is 1.34. The third kappa shape index (κ3) is 2.75. The summed E-state index contributed by atoms with van der Waals surface area (Å²) >= 11 is 0. The van der Waals surface area contributed by atoms with Gasteiger partial charge in [-0.1, -0.05) is 30.3 Å². The zero-order valence-electron chi connectivity index (χ0n) is 10.6. The van der Waals surface area contributed by atoms with Gasteiger partial charge in [-0.25, -0.2) is 0 Å². The molecular formula is C15H17NO3. The molecule has 0 atom stereocenters. The van der Waals surface area contributed by atoms with Gasteiger partial charge in [0.25, 0.3) is 0 Å². The van der Waals surface area contributed by atoms with Gasteiger partial charge in [0, 0.05) is 24.0 Å². The topological polar surface area (TPSA) is 60.8 Å². The van der Waals surface area contributed by atoms with E-state index in [9.17, 15) is 4.79 Å². The van der Waals surface area contributed by atoms with Crippen molar-refractivity contribution in [2.45, 2.75) is 0 Å². The minimum atomic E-state index is -0.0263. The number of hydrogen-bond acceptors (Lipinski definition) is 4. The van der Waals surface area contributed by atoms with E-state index >= 15 is 0 Å². The van der Waals surface area contributed by atoms with Gasteiger partial charge >= 0.3 is 0 Å². The number of nitrogens with zero attached hydrogens (tertiary/aromatic N) is 1. The lowest BCUT2D eigenvalue weighted by atomic mass is 10.0. The van der Waals surface area contributed by atoms with Gasteiger partial charge in [-0.05, 0) is 11.5 Å². The summed E-state index contributed by atoms with van der Waals surface area (Å²) in [5, 5.41) is 20.3. The highest BCUT2D eigenvalue weighted by Gasteiger charge is 2.14. The molecule has 0 heterocycles. The molecule has 4 heteroatoms. The maximum Gasteiger partial charge on any atom is 0.152 e. The molecule has 100 valence electrons. The summed E-state index contributed by atoms with van der Waals surface area (Å²) in [6.45, 7) is 0.716. The number of rotatable bonds is 6. The summed E-state index contributed by atoms with van der Waals surface area (Å²) in [4.78, 5) is 13.1. The normalized spacial score (nSPS) is 10.6. The Morgan fingerprint density at radius 1 is 1.00 bits per heavy atom. The van der Waals surface area contributed by atoms with Gasteiger partial charge in [0.1, 0.15) is 0 Å². The molecule has 0 aliphatic heterocycles. The van der Waals surface area contributed by atoms with Crippen LogP contribution in [0.1, 0.15) is 10.4 Å². The molecule has 0 bridgehead atoms. The molecule has 0 aliphatic carbocycles. The van der Waals surface area contributed by atoms with Gasteiger partial charge in [0.05, 0.1) is 18.9 Å². The monoisotopic (exact) mass is 259 g/mol. The van der Waals surface area contributed by atoms with Crippen LogP contribution in [0.3, 0.4) is 0 Å². The largest absolute Gasteiger partial charge is 0.395 e. The Morgan fingerprint density at radius 3 is 2.32 bits per heavy atom. The molecule has 0 radical (unpaired) electrons. The first kappa shape index (κ1) is 13.5. The molecule has 2 aromatic rings. The Hall–Kier alpha value is -1.91. The molecule has 0 unspecified atom stereocenters. The minimum absolute atomic E-state index is 0.0263. The summed E-state index contributed by atoms with van der Waals surface area (Å²) in [6.07, 6.45) is 0.809.